The first kappa shape index (κ1) is 28.8. The number of Topliss-reactive ketones (excluding diaryl/α,β-unsaturated/α-hetero) is 1. The molecule has 2 N–H and O–H groups in total. The fraction of sp³-hybridized carbons (Fsp3) is 0.323. The summed E-state index contributed by atoms with van der Waals surface area (Å²) < 4.78 is 6.34. The van der Waals surface area contributed by atoms with Crippen LogP contribution in [0.25, 0.3) is 0 Å². The molecule has 0 bridgehead atoms. The van der Waals surface area contributed by atoms with Crippen LogP contribution in [0.5, 0.6) is 5.75 Å². The van der Waals surface area contributed by atoms with E-state index < -0.39 is 5.91 Å². The zero-order valence-electron chi connectivity index (χ0n) is 22.1. The normalized spacial score (nSPS) is 16.8. The Morgan fingerprint density at radius 2 is 1.67 bits per heavy atom. The molecule has 0 aliphatic heterocycles. The zero-order chi connectivity index (χ0) is 27.9. The number of rotatable bonds is 9. The van der Waals surface area contributed by atoms with Crippen LogP contribution in [-0.2, 0) is 17.8 Å². The van der Waals surface area contributed by atoms with Gasteiger partial charge in [-0.05, 0) is 72.4 Å². The van der Waals surface area contributed by atoms with Gasteiger partial charge in [0.25, 0.3) is 5.91 Å². The number of anilines is 1. The maximum absolute atomic E-state index is 13.2. The van der Waals surface area contributed by atoms with Crippen molar-refractivity contribution in [3.63, 3.8) is 0 Å². The smallest absolute Gasteiger partial charge is 0.257 e. The van der Waals surface area contributed by atoms with Crippen molar-refractivity contribution in [1.29, 1.82) is 0 Å². The van der Waals surface area contributed by atoms with E-state index in [9.17, 15) is 14.4 Å². The van der Waals surface area contributed by atoms with Gasteiger partial charge < -0.3 is 15.4 Å². The molecule has 204 valence electrons. The molecule has 8 heteroatoms. The summed E-state index contributed by atoms with van der Waals surface area (Å²) in [4.78, 5) is 39.0. The predicted octanol–water partition coefficient (Wildman–Crippen LogP) is 7.23. The minimum absolute atomic E-state index is 0.0320. The molecule has 4 rings (SSSR count). The number of nitrogens with one attached hydrogen (secondary N) is 2. The number of hydrogen-bond donors (Lipinski definition) is 2. The molecular weight excluding hydrogens is 580 g/mol. The molecule has 3 aromatic carbocycles. The Bertz CT molecular complexity index is 1360. The summed E-state index contributed by atoms with van der Waals surface area (Å²) in [6.45, 7) is 2.45. The highest BCUT2D eigenvalue weighted by Gasteiger charge is 2.27. The van der Waals surface area contributed by atoms with Gasteiger partial charge in [-0.3, -0.25) is 14.4 Å². The van der Waals surface area contributed by atoms with Crippen LogP contribution in [0.1, 0.15) is 64.4 Å². The van der Waals surface area contributed by atoms with Gasteiger partial charge in [0.05, 0.1) is 23.3 Å². The van der Waals surface area contributed by atoms with E-state index in [1.807, 2.05) is 24.3 Å². The lowest BCUT2D eigenvalue weighted by Gasteiger charge is -2.27. The van der Waals surface area contributed by atoms with Gasteiger partial charge in [-0.25, -0.2) is 0 Å². The molecule has 1 fully saturated rings. The lowest BCUT2D eigenvalue weighted by atomic mass is 9.80. The number of carbonyl (C=O) groups excluding carboxylic acids is 3. The van der Waals surface area contributed by atoms with Crippen LogP contribution in [-0.4, -0.2) is 24.7 Å². The molecule has 0 heterocycles. The average Bonchev–Trinajstić information content (AvgIpc) is 2.93. The minimum Gasteiger partial charge on any atom is -0.496 e. The van der Waals surface area contributed by atoms with Gasteiger partial charge in [-0.2, -0.15) is 0 Å². The van der Waals surface area contributed by atoms with Crippen LogP contribution < -0.4 is 15.4 Å². The van der Waals surface area contributed by atoms with Crippen molar-refractivity contribution in [1.82, 2.24) is 5.32 Å². The van der Waals surface area contributed by atoms with Gasteiger partial charge >= 0.3 is 0 Å². The van der Waals surface area contributed by atoms with Crippen LogP contribution in [0.4, 0.5) is 5.69 Å². The van der Waals surface area contributed by atoms with Crippen LogP contribution in [0.3, 0.4) is 0 Å². The van der Waals surface area contributed by atoms with Crippen molar-refractivity contribution in [3.8, 4) is 5.75 Å². The SMILES string of the molecule is COc1ccc(NC(=O)c2cc(CNC(=O)C3CCCCC3C)ccc2Cl)cc1C(=O)Cc1ccc(Br)cc1. The monoisotopic (exact) mass is 610 g/mol. The van der Waals surface area contributed by atoms with Gasteiger partial charge in [0.15, 0.2) is 5.78 Å². The summed E-state index contributed by atoms with van der Waals surface area (Å²) in [7, 11) is 1.50. The number of ketones is 1. The Morgan fingerprint density at radius 1 is 0.949 bits per heavy atom. The zero-order valence-corrected chi connectivity index (χ0v) is 24.4. The van der Waals surface area contributed by atoms with Gasteiger partial charge in [0.1, 0.15) is 5.75 Å². The van der Waals surface area contributed by atoms with Crippen LogP contribution in [0.15, 0.2) is 65.1 Å². The molecule has 6 nitrogen and oxygen atoms in total. The first-order chi connectivity index (χ1) is 18.7. The number of carbonyl (C=O) groups is 3. The molecular formula is C31H32BrClN2O4. The van der Waals surface area contributed by atoms with Gasteiger partial charge in [0, 0.05) is 29.0 Å². The third-order valence-corrected chi connectivity index (χ3v) is 8.08. The summed E-state index contributed by atoms with van der Waals surface area (Å²) in [5, 5.41) is 6.16. The van der Waals surface area contributed by atoms with Crippen LogP contribution in [0, 0.1) is 11.8 Å². The Hall–Kier alpha value is -3.16. The lowest BCUT2D eigenvalue weighted by Crippen LogP contribution is -2.35. The lowest BCUT2D eigenvalue weighted by molar-refractivity contribution is -0.127. The predicted molar refractivity (Wildman–Crippen MR) is 158 cm³/mol. The third-order valence-electron chi connectivity index (χ3n) is 7.23. The molecule has 39 heavy (non-hydrogen) atoms. The highest BCUT2D eigenvalue weighted by atomic mass is 79.9. The highest BCUT2D eigenvalue weighted by molar-refractivity contribution is 9.10. The number of ether oxygens (including phenoxy) is 1. The fourth-order valence-corrected chi connectivity index (χ4v) is 5.44. The second-order valence-electron chi connectivity index (χ2n) is 10.00. The third kappa shape index (κ3) is 7.49. The molecule has 1 saturated carbocycles. The topological polar surface area (TPSA) is 84.5 Å². The summed E-state index contributed by atoms with van der Waals surface area (Å²) >= 11 is 9.77. The Morgan fingerprint density at radius 3 is 2.38 bits per heavy atom. The van der Waals surface area contributed by atoms with E-state index in [1.165, 1.54) is 13.5 Å². The van der Waals surface area contributed by atoms with E-state index in [-0.39, 0.29) is 29.6 Å². The van der Waals surface area contributed by atoms with E-state index in [0.29, 0.717) is 34.5 Å². The largest absolute Gasteiger partial charge is 0.496 e. The molecule has 0 saturated heterocycles. The van der Waals surface area contributed by atoms with Crippen molar-refractivity contribution in [3.05, 3.63) is 92.4 Å². The second-order valence-corrected chi connectivity index (χ2v) is 11.3. The summed E-state index contributed by atoms with van der Waals surface area (Å²) in [6.07, 6.45) is 4.44. The molecule has 0 spiro atoms. The van der Waals surface area contributed by atoms with E-state index in [0.717, 1.165) is 34.9 Å². The maximum atomic E-state index is 13.2. The van der Waals surface area contributed by atoms with E-state index in [2.05, 4.69) is 33.5 Å². The Labute approximate surface area is 242 Å². The van der Waals surface area contributed by atoms with Gasteiger partial charge in [-0.1, -0.05) is 65.5 Å². The number of halogens is 2. The molecule has 2 amide bonds. The van der Waals surface area contributed by atoms with Crippen molar-refractivity contribution in [2.75, 3.05) is 12.4 Å². The standard InChI is InChI=1S/C31H32BrClN2O4/c1-19-5-3-4-6-24(19)30(37)34-18-21-9-13-27(33)25(15-21)31(38)35-23-12-14-29(39-2)26(17-23)28(36)16-20-7-10-22(32)11-8-20/h7-15,17,19,24H,3-6,16,18H2,1-2H3,(H,34,37)(H,35,38). The van der Waals surface area contributed by atoms with Gasteiger partial charge in [0.2, 0.25) is 5.91 Å². The van der Waals surface area contributed by atoms with Crippen molar-refractivity contribution >= 4 is 50.8 Å². The van der Waals surface area contributed by atoms with Gasteiger partial charge in [-0.15, -0.1) is 0 Å². The molecule has 2 atom stereocenters. The summed E-state index contributed by atoms with van der Waals surface area (Å²) in [5.74, 6) is 0.352. The number of methoxy groups -OCH3 is 1. The fourth-order valence-electron chi connectivity index (χ4n) is 4.97. The van der Waals surface area contributed by atoms with Crippen LogP contribution >= 0.6 is 27.5 Å². The number of hydrogen-bond acceptors (Lipinski definition) is 4. The highest BCUT2D eigenvalue weighted by Crippen LogP contribution is 2.30. The Balaban J connectivity index is 1.45. The van der Waals surface area contributed by atoms with Crippen molar-refractivity contribution < 1.29 is 19.1 Å². The van der Waals surface area contributed by atoms with Crippen molar-refractivity contribution in [2.24, 2.45) is 11.8 Å². The van der Waals surface area contributed by atoms with E-state index in [4.69, 9.17) is 16.3 Å². The first-order valence-corrected chi connectivity index (χ1v) is 14.3. The molecule has 1 aliphatic carbocycles. The van der Waals surface area contributed by atoms with E-state index >= 15 is 0 Å². The van der Waals surface area contributed by atoms with E-state index in [1.54, 1.807) is 36.4 Å². The molecule has 1 aliphatic rings. The van der Waals surface area contributed by atoms with Crippen molar-refractivity contribution in [2.45, 2.75) is 45.6 Å². The molecule has 2 unspecified atom stereocenters. The molecule has 0 radical (unpaired) electrons. The Kier molecular flexibility index (Phi) is 9.81. The maximum Gasteiger partial charge on any atom is 0.257 e. The number of amides is 2. The first-order valence-electron chi connectivity index (χ1n) is 13.1. The summed E-state index contributed by atoms with van der Waals surface area (Å²) in [6, 6.07) is 17.6. The number of benzene rings is 3. The van der Waals surface area contributed by atoms with Crippen LogP contribution in [0.2, 0.25) is 5.02 Å². The average molecular weight is 612 g/mol. The molecule has 0 aromatic heterocycles. The molecule has 3 aromatic rings. The summed E-state index contributed by atoms with van der Waals surface area (Å²) in [5.41, 5.74) is 2.75. The minimum atomic E-state index is -0.412. The quantitative estimate of drug-likeness (QED) is 0.250. The second kappa shape index (κ2) is 13.3.